The number of rotatable bonds is 11. The molecule has 3 aliphatic rings. The molecule has 3 fully saturated rings. The third-order valence-electron chi connectivity index (χ3n) is 6.63. The van der Waals surface area contributed by atoms with Gasteiger partial charge in [-0.05, 0) is 39.5 Å². The number of nitrogens with zero attached hydrogens (tertiary/aromatic N) is 1. The third kappa shape index (κ3) is 4.64. The first-order chi connectivity index (χ1) is 14.8. The fraction of sp³-hybridized carbons (Fsp3) is 0.864. The van der Waals surface area contributed by atoms with Gasteiger partial charge in [0, 0.05) is 35.8 Å². The van der Waals surface area contributed by atoms with E-state index in [1.165, 1.54) is 0 Å². The monoisotopic (exact) mass is 517 g/mol. The van der Waals surface area contributed by atoms with Gasteiger partial charge in [0.2, 0.25) is 17.7 Å². The van der Waals surface area contributed by atoms with E-state index in [1.807, 2.05) is 20.8 Å². The molecule has 3 unspecified atom stereocenters. The van der Waals surface area contributed by atoms with Crippen molar-refractivity contribution in [1.29, 1.82) is 0 Å². The summed E-state index contributed by atoms with van der Waals surface area (Å²) in [6, 6.07) is -0.569. The highest BCUT2D eigenvalue weighted by Crippen LogP contribution is 2.67. The van der Waals surface area contributed by atoms with E-state index >= 15 is 0 Å². The van der Waals surface area contributed by atoms with Crippen molar-refractivity contribution in [3.8, 4) is 0 Å². The average Bonchev–Trinajstić information content (AvgIpc) is 3.29. The van der Waals surface area contributed by atoms with Crippen molar-refractivity contribution in [2.24, 2.45) is 11.8 Å². The maximum Gasteiger partial charge on any atom is 0.244 e. The van der Waals surface area contributed by atoms with Crippen molar-refractivity contribution in [1.82, 2.24) is 15.5 Å². The van der Waals surface area contributed by atoms with Crippen LogP contribution < -0.4 is 10.6 Å². The summed E-state index contributed by atoms with van der Waals surface area (Å²) in [6.45, 7) is 7.15. The summed E-state index contributed by atoms with van der Waals surface area (Å²) in [7, 11) is 0. The smallest absolute Gasteiger partial charge is 0.244 e. The van der Waals surface area contributed by atoms with Crippen LogP contribution in [0.5, 0.6) is 0 Å². The molecular weight excluding hydrogens is 482 g/mol. The van der Waals surface area contributed by atoms with Crippen LogP contribution in [0.15, 0.2) is 0 Å². The number of aliphatic hydroxyl groups is 1. The minimum atomic E-state index is -0.561. The van der Waals surface area contributed by atoms with Crippen molar-refractivity contribution in [2.45, 2.75) is 86.2 Å². The Labute approximate surface area is 198 Å². The Morgan fingerprint density at radius 3 is 2.61 bits per heavy atom. The number of alkyl halides is 1. The summed E-state index contributed by atoms with van der Waals surface area (Å²) in [5.74, 6) is -1.07. The Kier molecular flexibility index (Phi) is 8.35. The third-order valence-corrected chi connectivity index (χ3v) is 9.85. The lowest BCUT2D eigenvalue weighted by molar-refractivity contribution is -0.140. The largest absolute Gasteiger partial charge is 0.396 e. The van der Waals surface area contributed by atoms with E-state index in [2.05, 4.69) is 26.6 Å². The van der Waals surface area contributed by atoms with Crippen molar-refractivity contribution in [3.05, 3.63) is 0 Å². The maximum atomic E-state index is 13.7. The van der Waals surface area contributed by atoms with E-state index in [0.29, 0.717) is 19.5 Å². The van der Waals surface area contributed by atoms with Crippen LogP contribution in [0.4, 0.5) is 0 Å². The average molecular weight is 519 g/mol. The van der Waals surface area contributed by atoms with Crippen LogP contribution in [0, 0.1) is 11.8 Å². The van der Waals surface area contributed by atoms with Crippen molar-refractivity contribution < 1.29 is 19.5 Å². The SMILES string of the molecule is CCCNC(=O)[C@H]1[C@@H]2SC3(CC2Br)C(C(=O)NC(C)C)N(CCCCCCO)C(=O)[C@H]13. The lowest BCUT2D eigenvalue weighted by atomic mass is 9.70. The topological polar surface area (TPSA) is 98.7 Å². The molecule has 1 spiro atoms. The van der Waals surface area contributed by atoms with Gasteiger partial charge in [0.1, 0.15) is 6.04 Å². The molecule has 0 aromatic heterocycles. The Morgan fingerprint density at radius 1 is 1.26 bits per heavy atom. The van der Waals surface area contributed by atoms with E-state index in [-0.39, 0.29) is 40.4 Å². The van der Waals surface area contributed by atoms with Crippen LogP contribution in [0.1, 0.15) is 59.3 Å². The first-order valence-corrected chi connectivity index (χ1v) is 13.4. The number of hydrogen-bond donors (Lipinski definition) is 3. The molecule has 3 N–H and O–H groups in total. The molecule has 0 radical (unpaired) electrons. The number of aliphatic hydroxyl groups excluding tert-OH is 1. The number of nitrogens with one attached hydrogen (secondary N) is 2. The Bertz CT molecular complexity index is 694. The first-order valence-electron chi connectivity index (χ1n) is 11.6. The van der Waals surface area contributed by atoms with Crippen LogP contribution in [0.2, 0.25) is 0 Å². The van der Waals surface area contributed by atoms with Gasteiger partial charge < -0.3 is 20.6 Å². The van der Waals surface area contributed by atoms with Crippen LogP contribution >= 0.6 is 27.7 Å². The summed E-state index contributed by atoms with van der Waals surface area (Å²) in [4.78, 5) is 42.0. The van der Waals surface area contributed by atoms with Crippen molar-refractivity contribution in [3.63, 3.8) is 0 Å². The van der Waals surface area contributed by atoms with E-state index < -0.39 is 22.6 Å². The lowest BCUT2D eigenvalue weighted by Crippen LogP contribution is -2.55. The standard InChI is InChI=1S/C22H36BrN3O4S/c1-4-9-24-19(28)15-16-21(30)26(10-7-5-6-8-11-27)18(20(29)25-13(2)3)22(16)12-14(23)17(15)31-22/h13-18,27H,4-12H2,1-3H3,(H,24,28)(H,25,29)/t14?,15-,16+,17-,18?,22?/m1/s1. The zero-order valence-corrected chi connectivity index (χ0v) is 21.1. The second-order valence-corrected chi connectivity index (χ2v) is 12.0. The number of halogens is 1. The molecule has 3 rings (SSSR count). The molecule has 176 valence electrons. The molecule has 3 amide bonds. The molecule has 3 aliphatic heterocycles. The Hall–Kier alpha value is -0.800. The van der Waals surface area contributed by atoms with Gasteiger partial charge in [-0.25, -0.2) is 0 Å². The summed E-state index contributed by atoms with van der Waals surface area (Å²) in [6.07, 6.45) is 4.90. The Morgan fingerprint density at radius 2 is 1.97 bits per heavy atom. The van der Waals surface area contributed by atoms with Gasteiger partial charge in [0.25, 0.3) is 0 Å². The predicted octanol–water partition coefficient (Wildman–Crippen LogP) is 2.05. The molecule has 0 aromatic rings. The van der Waals surface area contributed by atoms with E-state index in [9.17, 15) is 14.4 Å². The van der Waals surface area contributed by atoms with Gasteiger partial charge in [-0.1, -0.05) is 35.7 Å². The molecule has 2 bridgehead atoms. The van der Waals surface area contributed by atoms with Gasteiger partial charge in [-0.15, -0.1) is 11.8 Å². The fourth-order valence-electron chi connectivity index (χ4n) is 5.45. The number of fused-ring (bicyclic) bond motifs is 1. The summed E-state index contributed by atoms with van der Waals surface area (Å²) in [5, 5.41) is 15.0. The number of carbonyl (C=O) groups excluding carboxylic acids is 3. The maximum absolute atomic E-state index is 13.7. The van der Waals surface area contributed by atoms with Crippen molar-refractivity contribution in [2.75, 3.05) is 19.7 Å². The minimum absolute atomic E-state index is 0.00635. The molecule has 0 saturated carbocycles. The van der Waals surface area contributed by atoms with Gasteiger partial charge in [-0.3, -0.25) is 14.4 Å². The number of hydrogen-bond acceptors (Lipinski definition) is 5. The van der Waals surface area contributed by atoms with Gasteiger partial charge in [0.05, 0.1) is 16.6 Å². The summed E-state index contributed by atoms with van der Waals surface area (Å²) in [5.41, 5.74) is 0. The van der Waals surface area contributed by atoms with Crippen molar-refractivity contribution >= 4 is 45.4 Å². The second kappa shape index (κ2) is 10.4. The highest BCUT2D eigenvalue weighted by molar-refractivity contribution is 9.09. The Balaban J connectivity index is 1.88. The molecule has 3 saturated heterocycles. The van der Waals surface area contributed by atoms with Crippen LogP contribution in [0.3, 0.4) is 0 Å². The van der Waals surface area contributed by atoms with E-state index in [1.54, 1.807) is 16.7 Å². The highest BCUT2D eigenvalue weighted by Gasteiger charge is 2.75. The molecule has 0 aromatic carbocycles. The zero-order chi connectivity index (χ0) is 22.8. The van der Waals surface area contributed by atoms with Gasteiger partial charge in [-0.2, -0.15) is 0 Å². The predicted molar refractivity (Wildman–Crippen MR) is 126 cm³/mol. The number of likely N-dealkylation sites (tertiary alicyclic amines) is 1. The summed E-state index contributed by atoms with van der Waals surface area (Å²) >= 11 is 5.45. The quantitative estimate of drug-likeness (QED) is 0.287. The van der Waals surface area contributed by atoms with Crippen LogP contribution in [-0.2, 0) is 14.4 Å². The molecule has 9 heteroatoms. The van der Waals surface area contributed by atoms with Crippen LogP contribution in [0.25, 0.3) is 0 Å². The number of unbranched alkanes of at least 4 members (excludes halogenated alkanes) is 3. The summed E-state index contributed by atoms with van der Waals surface area (Å²) < 4.78 is -0.561. The zero-order valence-electron chi connectivity index (χ0n) is 18.7. The number of amides is 3. The fourth-order valence-corrected chi connectivity index (χ4v) is 9.06. The highest BCUT2D eigenvalue weighted by atomic mass is 79.9. The molecule has 3 heterocycles. The second-order valence-electron chi connectivity index (χ2n) is 9.29. The number of carbonyl (C=O) groups is 3. The molecule has 6 atom stereocenters. The van der Waals surface area contributed by atoms with Gasteiger partial charge >= 0.3 is 0 Å². The normalized spacial score (nSPS) is 33.8. The van der Waals surface area contributed by atoms with E-state index in [0.717, 1.165) is 32.1 Å². The van der Waals surface area contributed by atoms with E-state index in [4.69, 9.17) is 5.11 Å². The minimum Gasteiger partial charge on any atom is -0.396 e. The first kappa shape index (κ1) is 24.8. The molecular formula is C22H36BrN3O4S. The molecule has 0 aliphatic carbocycles. The molecule has 31 heavy (non-hydrogen) atoms. The lowest BCUT2D eigenvalue weighted by Gasteiger charge is -2.35. The molecule has 7 nitrogen and oxygen atoms in total. The van der Waals surface area contributed by atoms with Gasteiger partial charge in [0.15, 0.2) is 0 Å². The van der Waals surface area contributed by atoms with Crippen LogP contribution in [-0.4, -0.2) is 74.3 Å². The number of thioether (sulfide) groups is 1.